The summed E-state index contributed by atoms with van der Waals surface area (Å²) in [6.45, 7) is 4.99. The molecule has 0 heterocycles. The Bertz CT molecular complexity index is 585. The number of benzene rings is 2. The standard InChI is InChI=1S/C19H26N2/c1-14-5-8-17(11-15(14)2)18(13-20)12-16-6-9-19(10-7-16)21(3)4/h5-11,18H,12-13,20H2,1-4H3. The summed E-state index contributed by atoms with van der Waals surface area (Å²) in [6, 6.07) is 15.4. The van der Waals surface area contributed by atoms with Crippen molar-refractivity contribution in [2.45, 2.75) is 26.2 Å². The van der Waals surface area contributed by atoms with Crippen LogP contribution in [0.1, 0.15) is 28.2 Å². The molecule has 0 saturated carbocycles. The average molecular weight is 282 g/mol. The molecular weight excluding hydrogens is 256 g/mol. The molecule has 1 atom stereocenters. The Labute approximate surface area is 128 Å². The molecule has 2 N–H and O–H groups in total. The van der Waals surface area contributed by atoms with Crippen LogP contribution in [0.3, 0.4) is 0 Å². The highest BCUT2D eigenvalue weighted by Crippen LogP contribution is 2.23. The van der Waals surface area contributed by atoms with E-state index in [-0.39, 0.29) is 0 Å². The van der Waals surface area contributed by atoms with Crippen LogP contribution in [0.25, 0.3) is 0 Å². The van der Waals surface area contributed by atoms with Gasteiger partial charge in [-0.05, 0) is 61.2 Å². The number of hydrogen-bond donors (Lipinski definition) is 1. The smallest absolute Gasteiger partial charge is 0.0361 e. The monoisotopic (exact) mass is 282 g/mol. The van der Waals surface area contributed by atoms with Crippen LogP contribution in [-0.4, -0.2) is 20.6 Å². The van der Waals surface area contributed by atoms with Gasteiger partial charge in [-0.2, -0.15) is 0 Å². The highest BCUT2D eigenvalue weighted by Gasteiger charge is 2.11. The van der Waals surface area contributed by atoms with Crippen molar-refractivity contribution in [3.63, 3.8) is 0 Å². The minimum absolute atomic E-state index is 0.384. The zero-order valence-corrected chi connectivity index (χ0v) is 13.6. The first-order chi connectivity index (χ1) is 10.0. The quantitative estimate of drug-likeness (QED) is 0.907. The Morgan fingerprint density at radius 2 is 1.62 bits per heavy atom. The summed E-state index contributed by atoms with van der Waals surface area (Å²) in [7, 11) is 4.12. The van der Waals surface area contributed by atoms with E-state index < -0.39 is 0 Å². The van der Waals surface area contributed by atoms with Crippen molar-refractivity contribution in [3.05, 3.63) is 64.7 Å². The summed E-state index contributed by atoms with van der Waals surface area (Å²) in [5.41, 5.74) is 12.6. The molecule has 0 aromatic heterocycles. The van der Waals surface area contributed by atoms with Crippen LogP contribution in [0, 0.1) is 13.8 Å². The van der Waals surface area contributed by atoms with E-state index in [1.165, 1.54) is 27.9 Å². The van der Waals surface area contributed by atoms with Crippen molar-refractivity contribution in [3.8, 4) is 0 Å². The molecule has 21 heavy (non-hydrogen) atoms. The number of nitrogens with zero attached hydrogens (tertiary/aromatic N) is 1. The van der Waals surface area contributed by atoms with Crippen LogP contribution in [0.4, 0.5) is 5.69 Å². The Hall–Kier alpha value is -1.80. The van der Waals surface area contributed by atoms with Crippen LogP contribution < -0.4 is 10.6 Å². The van der Waals surface area contributed by atoms with E-state index in [9.17, 15) is 0 Å². The van der Waals surface area contributed by atoms with Gasteiger partial charge >= 0.3 is 0 Å². The van der Waals surface area contributed by atoms with Gasteiger partial charge in [0.15, 0.2) is 0 Å². The Morgan fingerprint density at radius 1 is 0.952 bits per heavy atom. The minimum atomic E-state index is 0.384. The number of rotatable bonds is 5. The van der Waals surface area contributed by atoms with Gasteiger partial charge in [0.05, 0.1) is 0 Å². The number of aryl methyl sites for hydroxylation is 2. The maximum absolute atomic E-state index is 6.01. The molecule has 2 heteroatoms. The van der Waals surface area contributed by atoms with Crippen molar-refractivity contribution in [2.75, 3.05) is 25.5 Å². The van der Waals surface area contributed by atoms with Crippen LogP contribution in [-0.2, 0) is 6.42 Å². The Kier molecular flexibility index (Phi) is 5.03. The van der Waals surface area contributed by atoms with Gasteiger partial charge in [-0.25, -0.2) is 0 Å². The number of hydrogen-bond acceptors (Lipinski definition) is 2. The maximum Gasteiger partial charge on any atom is 0.0361 e. The van der Waals surface area contributed by atoms with Crippen molar-refractivity contribution in [1.29, 1.82) is 0 Å². The van der Waals surface area contributed by atoms with Gasteiger partial charge in [-0.3, -0.25) is 0 Å². The van der Waals surface area contributed by atoms with Gasteiger partial charge in [-0.1, -0.05) is 30.3 Å². The lowest BCUT2D eigenvalue weighted by atomic mass is 9.90. The summed E-state index contributed by atoms with van der Waals surface area (Å²) in [5, 5.41) is 0. The predicted octanol–water partition coefficient (Wildman–Crippen LogP) is 3.65. The summed E-state index contributed by atoms with van der Waals surface area (Å²) in [5.74, 6) is 0.384. The van der Waals surface area contributed by atoms with Gasteiger partial charge in [0, 0.05) is 25.7 Å². The molecule has 0 fully saturated rings. The van der Waals surface area contributed by atoms with Crippen LogP contribution in [0.5, 0.6) is 0 Å². The fourth-order valence-corrected chi connectivity index (χ4v) is 2.57. The average Bonchev–Trinajstić information content (AvgIpc) is 2.48. The first kappa shape index (κ1) is 15.6. The number of anilines is 1. The fourth-order valence-electron chi connectivity index (χ4n) is 2.57. The summed E-state index contributed by atoms with van der Waals surface area (Å²) in [4.78, 5) is 2.12. The van der Waals surface area contributed by atoms with E-state index in [0.717, 1.165) is 6.42 Å². The van der Waals surface area contributed by atoms with Gasteiger partial charge in [0.25, 0.3) is 0 Å². The molecule has 2 aromatic carbocycles. The van der Waals surface area contributed by atoms with Gasteiger partial charge in [0.2, 0.25) is 0 Å². The zero-order valence-electron chi connectivity index (χ0n) is 13.6. The molecule has 0 amide bonds. The molecule has 0 aliphatic rings. The summed E-state index contributed by atoms with van der Waals surface area (Å²) in [6.07, 6.45) is 0.993. The molecule has 0 radical (unpaired) electrons. The second kappa shape index (κ2) is 6.77. The Balaban J connectivity index is 2.16. The van der Waals surface area contributed by atoms with Crippen molar-refractivity contribution in [2.24, 2.45) is 5.73 Å². The molecule has 2 aromatic rings. The first-order valence-corrected chi connectivity index (χ1v) is 7.54. The summed E-state index contributed by atoms with van der Waals surface area (Å²) < 4.78 is 0. The molecule has 0 spiro atoms. The lowest BCUT2D eigenvalue weighted by molar-refractivity contribution is 0.693. The number of nitrogens with two attached hydrogens (primary N) is 1. The third kappa shape index (κ3) is 3.85. The molecule has 0 aliphatic carbocycles. The molecule has 112 valence electrons. The molecule has 2 rings (SSSR count). The van der Waals surface area contributed by atoms with E-state index >= 15 is 0 Å². The third-order valence-corrected chi connectivity index (χ3v) is 4.22. The predicted molar refractivity (Wildman–Crippen MR) is 92.2 cm³/mol. The molecular formula is C19H26N2. The largest absolute Gasteiger partial charge is 0.378 e. The minimum Gasteiger partial charge on any atom is -0.378 e. The first-order valence-electron chi connectivity index (χ1n) is 7.54. The second-order valence-corrected chi connectivity index (χ2v) is 6.04. The SMILES string of the molecule is Cc1ccc(C(CN)Cc2ccc(N(C)C)cc2)cc1C. The topological polar surface area (TPSA) is 29.3 Å². The highest BCUT2D eigenvalue weighted by molar-refractivity contribution is 5.46. The fraction of sp³-hybridized carbons (Fsp3) is 0.368. The van der Waals surface area contributed by atoms with Crippen LogP contribution in [0.2, 0.25) is 0 Å². The molecule has 1 unspecified atom stereocenters. The van der Waals surface area contributed by atoms with Gasteiger partial charge < -0.3 is 10.6 Å². The van der Waals surface area contributed by atoms with Crippen LogP contribution >= 0.6 is 0 Å². The van der Waals surface area contributed by atoms with E-state index in [4.69, 9.17) is 5.73 Å². The van der Waals surface area contributed by atoms with E-state index in [1.807, 2.05) is 0 Å². The molecule has 0 aliphatic heterocycles. The molecule has 0 bridgehead atoms. The molecule has 0 saturated heterocycles. The van der Waals surface area contributed by atoms with Gasteiger partial charge in [0.1, 0.15) is 0 Å². The van der Waals surface area contributed by atoms with E-state index in [1.54, 1.807) is 0 Å². The van der Waals surface area contributed by atoms with E-state index in [0.29, 0.717) is 12.5 Å². The van der Waals surface area contributed by atoms with Crippen molar-refractivity contribution in [1.82, 2.24) is 0 Å². The lowest BCUT2D eigenvalue weighted by Crippen LogP contribution is -2.15. The Morgan fingerprint density at radius 3 is 2.14 bits per heavy atom. The van der Waals surface area contributed by atoms with Crippen LogP contribution in [0.15, 0.2) is 42.5 Å². The second-order valence-electron chi connectivity index (χ2n) is 6.04. The normalized spacial score (nSPS) is 12.2. The highest BCUT2D eigenvalue weighted by atomic mass is 15.1. The molecule has 2 nitrogen and oxygen atoms in total. The zero-order chi connectivity index (χ0) is 15.4. The van der Waals surface area contributed by atoms with Gasteiger partial charge in [-0.15, -0.1) is 0 Å². The van der Waals surface area contributed by atoms with Crippen molar-refractivity contribution < 1.29 is 0 Å². The van der Waals surface area contributed by atoms with Crippen molar-refractivity contribution >= 4 is 5.69 Å². The third-order valence-electron chi connectivity index (χ3n) is 4.22. The lowest BCUT2D eigenvalue weighted by Gasteiger charge is -2.18. The maximum atomic E-state index is 6.01. The van der Waals surface area contributed by atoms with E-state index in [2.05, 4.69) is 75.3 Å². The summed E-state index contributed by atoms with van der Waals surface area (Å²) >= 11 is 0.